The molecule has 2 aliphatic heterocycles. The second kappa shape index (κ2) is 12.9. The molecule has 2 fully saturated rings. The van der Waals surface area contributed by atoms with Crippen LogP contribution in [0, 0.1) is 5.92 Å². The fourth-order valence-electron chi connectivity index (χ4n) is 7.72. The van der Waals surface area contributed by atoms with Crippen LogP contribution in [0.5, 0.6) is 0 Å². The monoisotopic (exact) mass is 588 g/mol. The van der Waals surface area contributed by atoms with Gasteiger partial charge in [0, 0.05) is 48.7 Å². The quantitative estimate of drug-likeness (QED) is 0.267. The Bertz CT molecular complexity index is 1260. The van der Waals surface area contributed by atoms with Gasteiger partial charge in [0.1, 0.15) is 6.17 Å². The fourth-order valence-corrected chi connectivity index (χ4v) is 7.85. The number of piperidine rings is 2. The van der Waals surface area contributed by atoms with Crippen molar-refractivity contribution < 1.29 is 14.4 Å². The molecule has 42 heavy (non-hydrogen) atoms. The summed E-state index contributed by atoms with van der Waals surface area (Å²) in [5.41, 5.74) is 8.40. The number of nitrogens with zero attached hydrogens (tertiary/aromatic N) is 2. The molecule has 0 saturated carbocycles. The molecule has 1 unspecified atom stereocenters. The van der Waals surface area contributed by atoms with Crippen molar-refractivity contribution in [3.05, 3.63) is 107 Å². The fraction of sp³-hybridized carbons (Fsp3) is 0.472. The van der Waals surface area contributed by atoms with E-state index in [2.05, 4.69) is 79.4 Å². The maximum atomic E-state index is 12.1. The highest BCUT2D eigenvalue weighted by Gasteiger charge is 2.47. The lowest BCUT2D eigenvalue weighted by Crippen LogP contribution is -2.66. The smallest absolute Gasteiger partial charge is 0.220 e. The third-order valence-electron chi connectivity index (χ3n) is 10.7. The molecule has 1 atom stereocenters. The molecular formula is C36H47ClN3O2+. The summed E-state index contributed by atoms with van der Waals surface area (Å²) < 4.78 is 0.975. The molecule has 2 heterocycles. The van der Waals surface area contributed by atoms with Crippen LogP contribution in [0.3, 0.4) is 0 Å². The SMILES string of the molecule is CC[N+]1(C(CCC(C)(c2ccccc2)c2ccccc2)N2CCC(O)(c3ccc(Cl)cc3)CC2)CCC(C(N)=O)CC1. The maximum Gasteiger partial charge on any atom is 0.220 e. The van der Waals surface area contributed by atoms with E-state index in [-0.39, 0.29) is 17.2 Å². The molecule has 5 nitrogen and oxygen atoms in total. The Morgan fingerprint density at radius 3 is 1.98 bits per heavy atom. The molecular weight excluding hydrogens is 542 g/mol. The molecule has 224 valence electrons. The number of carbonyl (C=O) groups excluding carboxylic acids is 1. The van der Waals surface area contributed by atoms with Gasteiger partial charge in [-0.3, -0.25) is 9.69 Å². The van der Waals surface area contributed by atoms with E-state index >= 15 is 0 Å². The minimum absolute atomic E-state index is 0.0290. The molecule has 3 aromatic carbocycles. The van der Waals surface area contributed by atoms with E-state index in [1.165, 1.54) is 11.1 Å². The van der Waals surface area contributed by atoms with Crippen molar-refractivity contribution in [3.63, 3.8) is 0 Å². The molecule has 3 N–H and O–H groups in total. The van der Waals surface area contributed by atoms with E-state index in [0.717, 1.165) is 68.5 Å². The number of quaternary nitrogens is 1. The minimum Gasteiger partial charge on any atom is -0.385 e. The number of primary amides is 1. The number of carbonyl (C=O) groups is 1. The summed E-state index contributed by atoms with van der Waals surface area (Å²) in [6.45, 7) is 9.29. The topological polar surface area (TPSA) is 66.6 Å². The number of halogens is 1. The zero-order valence-electron chi connectivity index (χ0n) is 25.2. The summed E-state index contributed by atoms with van der Waals surface area (Å²) in [7, 11) is 0. The normalized spacial score (nSPS) is 23.8. The minimum atomic E-state index is -0.843. The van der Waals surface area contributed by atoms with E-state index in [1.54, 1.807) is 0 Å². The standard InChI is InChI=1S/C36H46ClN3O2/c1-3-40(26-19-28(20-27-40)34(38)41)33(39-24-22-36(42,23-25-39)31-14-16-32(37)17-15-31)18-21-35(2,29-10-6-4-7-11-29)30-12-8-5-9-13-30/h4-17,28,33,42H,3,18-27H2,1-2H3,(H-,38,41)/p+1. The van der Waals surface area contributed by atoms with Crippen LogP contribution < -0.4 is 5.73 Å². The number of hydrogen-bond acceptors (Lipinski definition) is 3. The van der Waals surface area contributed by atoms with Gasteiger partial charge in [0.15, 0.2) is 0 Å². The van der Waals surface area contributed by atoms with Gasteiger partial charge >= 0.3 is 0 Å². The van der Waals surface area contributed by atoms with Gasteiger partial charge in [-0.05, 0) is 55.0 Å². The van der Waals surface area contributed by atoms with E-state index < -0.39 is 5.60 Å². The number of likely N-dealkylation sites (tertiary alicyclic amines) is 2. The Morgan fingerprint density at radius 2 is 1.50 bits per heavy atom. The van der Waals surface area contributed by atoms with Crippen molar-refractivity contribution in [1.29, 1.82) is 0 Å². The third-order valence-corrected chi connectivity index (χ3v) is 10.9. The van der Waals surface area contributed by atoms with Gasteiger partial charge in [0.25, 0.3) is 0 Å². The van der Waals surface area contributed by atoms with Gasteiger partial charge in [-0.1, -0.05) is 91.3 Å². The van der Waals surface area contributed by atoms with Crippen molar-refractivity contribution in [3.8, 4) is 0 Å². The molecule has 0 spiro atoms. The average molecular weight is 589 g/mol. The van der Waals surface area contributed by atoms with Gasteiger partial charge in [-0.25, -0.2) is 0 Å². The third kappa shape index (κ3) is 6.30. The Kier molecular flexibility index (Phi) is 9.44. The molecule has 0 aromatic heterocycles. The summed E-state index contributed by atoms with van der Waals surface area (Å²) in [6.07, 6.45) is 5.39. The zero-order chi connectivity index (χ0) is 29.8. The van der Waals surface area contributed by atoms with Crippen molar-refractivity contribution in [2.45, 2.75) is 69.6 Å². The van der Waals surface area contributed by atoms with Crippen LogP contribution in [0.2, 0.25) is 5.02 Å². The van der Waals surface area contributed by atoms with Crippen molar-refractivity contribution in [1.82, 2.24) is 4.90 Å². The lowest BCUT2D eigenvalue weighted by molar-refractivity contribution is -0.965. The highest BCUT2D eigenvalue weighted by atomic mass is 35.5. The van der Waals surface area contributed by atoms with Crippen LogP contribution >= 0.6 is 11.6 Å². The second-order valence-electron chi connectivity index (χ2n) is 12.8. The number of amides is 1. The molecule has 0 bridgehead atoms. The lowest BCUT2D eigenvalue weighted by atomic mass is 9.72. The lowest BCUT2D eigenvalue weighted by Gasteiger charge is -2.53. The van der Waals surface area contributed by atoms with Crippen LogP contribution in [-0.4, -0.2) is 59.3 Å². The van der Waals surface area contributed by atoms with Crippen LogP contribution in [-0.2, 0) is 15.8 Å². The first-order valence-electron chi connectivity index (χ1n) is 15.7. The predicted octanol–water partition coefficient (Wildman–Crippen LogP) is 6.47. The van der Waals surface area contributed by atoms with Crippen molar-refractivity contribution in [2.24, 2.45) is 11.7 Å². The van der Waals surface area contributed by atoms with Gasteiger partial charge in [0.2, 0.25) is 5.91 Å². The summed E-state index contributed by atoms with van der Waals surface area (Å²) in [5, 5.41) is 12.4. The van der Waals surface area contributed by atoms with Gasteiger partial charge in [-0.15, -0.1) is 0 Å². The first-order chi connectivity index (χ1) is 20.2. The molecule has 1 amide bonds. The second-order valence-corrected chi connectivity index (χ2v) is 13.3. The van der Waals surface area contributed by atoms with E-state index in [9.17, 15) is 9.90 Å². The number of aliphatic hydroxyl groups is 1. The van der Waals surface area contributed by atoms with E-state index in [1.807, 2.05) is 24.3 Å². The first kappa shape index (κ1) is 30.7. The van der Waals surface area contributed by atoms with E-state index in [4.69, 9.17) is 17.3 Å². The van der Waals surface area contributed by atoms with Crippen molar-refractivity contribution in [2.75, 3.05) is 32.7 Å². The Labute approximate surface area is 256 Å². The molecule has 0 radical (unpaired) electrons. The highest BCUT2D eigenvalue weighted by molar-refractivity contribution is 6.30. The van der Waals surface area contributed by atoms with Gasteiger partial charge in [-0.2, -0.15) is 0 Å². The predicted molar refractivity (Wildman–Crippen MR) is 171 cm³/mol. The van der Waals surface area contributed by atoms with E-state index in [0.29, 0.717) is 24.0 Å². The Balaban J connectivity index is 1.44. The Morgan fingerprint density at radius 1 is 0.976 bits per heavy atom. The number of benzene rings is 3. The van der Waals surface area contributed by atoms with Crippen LogP contribution in [0.15, 0.2) is 84.9 Å². The average Bonchev–Trinajstić information content (AvgIpc) is 3.03. The number of rotatable bonds is 10. The Hall–Kier alpha value is -2.70. The molecule has 3 aromatic rings. The maximum absolute atomic E-state index is 12.1. The van der Waals surface area contributed by atoms with Crippen LogP contribution in [0.1, 0.15) is 69.1 Å². The van der Waals surface area contributed by atoms with Crippen LogP contribution in [0.25, 0.3) is 0 Å². The number of hydrogen-bond donors (Lipinski definition) is 2. The molecule has 2 saturated heterocycles. The van der Waals surface area contributed by atoms with Crippen LogP contribution in [0.4, 0.5) is 0 Å². The first-order valence-corrected chi connectivity index (χ1v) is 16.1. The summed E-state index contributed by atoms with van der Waals surface area (Å²) in [6, 6.07) is 29.5. The van der Waals surface area contributed by atoms with Gasteiger partial charge < -0.3 is 15.3 Å². The molecule has 0 aliphatic carbocycles. The molecule has 5 rings (SSSR count). The molecule has 2 aliphatic rings. The highest BCUT2D eigenvalue weighted by Crippen LogP contribution is 2.41. The van der Waals surface area contributed by atoms with Gasteiger partial charge in [0.05, 0.1) is 25.2 Å². The summed E-state index contributed by atoms with van der Waals surface area (Å²) in [4.78, 5) is 14.7. The largest absolute Gasteiger partial charge is 0.385 e. The summed E-state index contributed by atoms with van der Waals surface area (Å²) in [5.74, 6) is -0.189. The summed E-state index contributed by atoms with van der Waals surface area (Å²) >= 11 is 6.15. The molecule has 6 heteroatoms. The van der Waals surface area contributed by atoms with Crippen molar-refractivity contribution >= 4 is 17.5 Å². The number of nitrogens with two attached hydrogens (primary N) is 1. The zero-order valence-corrected chi connectivity index (χ0v) is 26.0.